The zero-order valence-electron chi connectivity index (χ0n) is 15.4. The van der Waals surface area contributed by atoms with E-state index in [0.717, 1.165) is 5.56 Å². The van der Waals surface area contributed by atoms with Crippen LogP contribution in [0.1, 0.15) is 15.9 Å². The van der Waals surface area contributed by atoms with Gasteiger partial charge in [-0.05, 0) is 0 Å². The van der Waals surface area contributed by atoms with Crippen LogP contribution in [0, 0.1) is 12.0 Å². The van der Waals surface area contributed by atoms with Crippen LogP contribution in [0.3, 0.4) is 0 Å². The standard InChI is InChI=1S/C26H20OSe/c1-3-10-21(11-4-1)20-27-19-18-26(28-23-14-5-2-6-15-23)25-17-9-13-22-12-7-8-16-24(22)25/h1-17,26H,20H2. The van der Waals surface area contributed by atoms with Crippen molar-refractivity contribution >= 4 is 30.2 Å². The van der Waals surface area contributed by atoms with Crippen LogP contribution >= 0.6 is 0 Å². The maximum atomic E-state index is 5.67. The predicted octanol–water partition coefficient (Wildman–Crippen LogP) is 5.09. The minimum atomic E-state index is 0.136. The Balaban J connectivity index is 1.61. The van der Waals surface area contributed by atoms with Crippen LogP contribution in [0.2, 0.25) is 0 Å². The molecule has 28 heavy (non-hydrogen) atoms. The number of hydrogen-bond donors (Lipinski definition) is 0. The Labute approximate surface area is 172 Å². The molecule has 0 aliphatic rings. The van der Waals surface area contributed by atoms with E-state index in [0.29, 0.717) is 6.61 Å². The van der Waals surface area contributed by atoms with E-state index in [-0.39, 0.29) is 19.8 Å². The molecule has 0 radical (unpaired) electrons. The molecular formula is C26H20OSe. The molecule has 0 bridgehead atoms. The molecule has 4 aromatic carbocycles. The number of fused-ring (bicyclic) bond motifs is 1. The third kappa shape index (κ3) is 4.64. The fourth-order valence-corrected chi connectivity index (χ4v) is 5.23. The SMILES string of the molecule is C(#CC([Se]c1ccccc1)c1cccc2ccccc12)OCc1ccccc1. The van der Waals surface area contributed by atoms with Gasteiger partial charge in [-0.2, -0.15) is 0 Å². The van der Waals surface area contributed by atoms with E-state index in [2.05, 4.69) is 97.0 Å². The van der Waals surface area contributed by atoms with Gasteiger partial charge in [0.15, 0.2) is 0 Å². The molecule has 1 nitrogen and oxygen atoms in total. The molecule has 1 atom stereocenters. The van der Waals surface area contributed by atoms with E-state index in [4.69, 9.17) is 4.74 Å². The molecule has 0 spiro atoms. The van der Waals surface area contributed by atoms with Gasteiger partial charge in [-0.25, -0.2) is 0 Å². The monoisotopic (exact) mass is 428 g/mol. The molecular weight excluding hydrogens is 407 g/mol. The van der Waals surface area contributed by atoms with Gasteiger partial charge >= 0.3 is 173 Å². The van der Waals surface area contributed by atoms with Crippen LogP contribution in [-0.2, 0) is 11.3 Å². The summed E-state index contributed by atoms with van der Waals surface area (Å²) in [7, 11) is 0. The zero-order valence-corrected chi connectivity index (χ0v) is 17.1. The van der Waals surface area contributed by atoms with Gasteiger partial charge in [-0.3, -0.25) is 0 Å². The van der Waals surface area contributed by atoms with E-state index in [1.807, 2.05) is 18.2 Å². The number of rotatable bonds is 5. The first-order valence-corrected chi connectivity index (χ1v) is 11.1. The summed E-state index contributed by atoms with van der Waals surface area (Å²) < 4.78 is 7.01. The summed E-state index contributed by atoms with van der Waals surface area (Å²) in [5, 5.41) is 2.52. The molecule has 0 fully saturated rings. The molecule has 4 rings (SSSR count). The van der Waals surface area contributed by atoms with Crippen molar-refractivity contribution in [2.24, 2.45) is 0 Å². The van der Waals surface area contributed by atoms with Crippen molar-refractivity contribution in [1.82, 2.24) is 0 Å². The molecule has 136 valence electrons. The van der Waals surface area contributed by atoms with Crippen molar-refractivity contribution in [2.75, 3.05) is 0 Å². The first-order valence-electron chi connectivity index (χ1n) is 9.26. The van der Waals surface area contributed by atoms with E-state index in [9.17, 15) is 0 Å². The van der Waals surface area contributed by atoms with E-state index >= 15 is 0 Å². The number of hydrogen-bond acceptors (Lipinski definition) is 1. The second kappa shape index (κ2) is 9.29. The molecule has 0 aliphatic carbocycles. The second-order valence-corrected chi connectivity index (χ2v) is 8.87. The third-order valence-corrected chi connectivity index (χ3v) is 6.86. The Morgan fingerprint density at radius 2 is 1.39 bits per heavy atom. The van der Waals surface area contributed by atoms with Crippen LogP contribution in [0.5, 0.6) is 0 Å². The van der Waals surface area contributed by atoms with Gasteiger partial charge in [0.05, 0.1) is 0 Å². The molecule has 0 N–H and O–H groups in total. The Kier molecular flexibility index (Phi) is 6.10. The van der Waals surface area contributed by atoms with Crippen LogP contribution in [0.15, 0.2) is 103 Å². The molecule has 0 amide bonds. The quantitative estimate of drug-likeness (QED) is 0.319. The van der Waals surface area contributed by atoms with Crippen LogP contribution in [0.4, 0.5) is 0 Å². The van der Waals surface area contributed by atoms with Crippen LogP contribution in [0.25, 0.3) is 10.8 Å². The molecule has 0 heterocycles. The summed E-state index contributed by atoms with van der Waals surface area (Å²) in [4.78, 5) is 0.136. The van der Waals surface area contributed by atoms with Crippen molar-refractivity contribution in [3.8, 4) is 12.0 Å². The van der Waals surface area contributed by atoms with Gasteiger partial charge in [0.2, 0.25) is 0 Å². The van der Waals surface area contributed by atoms with Gasteiger partial charge < -0.3 is 0 Å². The maximum absolute atomic E-state index is 5.67. The van der Waals surface area contributed by atoms with Gasteiger partial charge in [-0.15, -0.1) is 0 Å². The average Bonchev–Trinajstić information content (AvgIpc) is 2.77. The number of ether oxygens (including phenoxy) is 1. The van der Waals surface area contributed by atoms with Crippen molar-refractivity contribution < 1.29 is 4.74 Å². The Bertz CT molecular complexity index is 1090. The summed E-state index contributed by atoms with van der Waals surface area (Å²) in [6.45, 7) is 0.508. The Hall–Kier alpha value is -2.98. The predicted molar refractivity (Wildman–Crippen MR) is 118 cm³/mol. The molecule has 0 aromatic heterocycles. The fraction of sp³-hybridized carbons (Fsp3) is 0.0769. The molecule has 1 unspecified atom stereocenters. The van der Waals surface area contributed by atoms with Gasteiger partial charge in [0, 0.05) is 0 Å². The van der Waals surface area contributed by atoms with E-state index < -0.39 is 0 Å². The van der Waals surface area contributed by atoms with Crippen molar-refractivity contribution in [3.05, 3.63) is 114 Å². The normalized spacial score (nSPS) is 11.4. The first kappa shape index (κ1) is 18.4. The molecule has 0 aliphatic heterocycles. The fourth-order valence-electron chi connectivity index (χ4n) is 3.07. The number of benzene rings is 4. The van der Waals surface area contributed by atoms with Crippen molar-refractivity contribution in [3.63, 3.8) is 0 Å². The zero-order chi connectivity index (χ0) is 19.0. The topological polar surface area (TPSA) is 9.23 Å². The molecule has 4 aromatic rings. The Morgan fingerprint density at radius 1 is 0.714 bits per heavy atom. The van der Waals surface area contributed by atoms with Gasteiger partial charge in [0.1, 0.15) is 0 Å². The van der Waals surface area contributed by atoms with Gasteiger partial charge in [0.25, 0.3) is 0 Å². The summed E-state index contributed by atoms with van der Waals surface area (Å²) in [6.07, 6.45) is 2.98. The van der Waals surface area contributed by atoms with E-state index in [1.54, 1.807) is 0 Å². The van der Waals surface area contributed by atoms with Crippen LogP contribution < -0.4 is 4.46 Å². The Morgan fingerprint density at radius 3 is 2.21 bits per heavy atom. The minimum absolute atomic E-state index is 0.136. The summed E-state index contributed by atoms with van der Waals surface area (Å²) in [5.74, 6) is 3.40. The summed E-state index contributed by atoms with van der Waals surface area (Å²) in [5.41, 5.74) is 2.41. The van der Waals surface area contributed by atoms with Crippen molar-refractivity contribution in [1.29, 1.82) is 0 Å². The molecule has 2 heteroatoms. The third-order valence-electron chi connectivity index (χ3n) is 4.45. The second-order valence-electron chi connectivity index (χ2n) is 6.40. The summed E-state index contributed by atoms with van der Waals surface area (Å²) >= 11 is 0.189. The van der Waals surface area contributed by atoms with Crippen LogP contribution in [-0.4, -0.2) is 15.0 Å². The molecule has 0 saturated heterocycles. The average molecular weight is 427 g/mol. The van der Waals surface area contributed by atoms with Gasteiger partial charge in [-0.1, -0.05) is 0 Å². The molecule has 0 saturated carbocycles. The summed E-state index contributed by atoms with van der Waals surface area (Å²) in [6, 6.07) is 35.8. The van der Waals surface area contributed by atoms with Crippen molar-refractivity contribution in [2.45, 2.75) is 11.4 Å². The first-order chi connectivity index (χ1) is 13.9. The van der Waals surface area contributed by atoms with E-state index in [1.165, 1.54) is 20.8 Å².